The number of para-hydroxylation sites is 2. The third-order valence-corrected chi connectivity index (χ3v) is 4.95. The van der Waals surface area contributed by atoms with Gasteiger partial charge in [0.15, 0.2) is 5.76 Å². The SMILES string of the molecule is C[C@H](c1ccccc1)n1c(CCCNC(=O)c2ccco2)nc2ccccc21. The Morgan fingerprint density at radius 1 is 1.07 bits per heavy atom. The van der Waals surface area contributed by atoms with E-state index in [9.17, 15) is 4.79 Å². The Bertz CT molecular complexity index is 1050. The summed E-state index contributed by atoms with van der Waals surface area (Å²) >= 11 is 0. The lowest BCUT2D eigenvalue weighted by Gasteiger charge is -2.18. The quantitative estimate of drug-likeness (QED) is 0.482. The van der Waals surface area contributed by atoms with E-state index in [0.29, 0.717) is 12.3 Å². The molecule has 0 saturated carbocycles. The monoisotopic (exact) mass is 373 g/mol. The lowest BCUT2D eigenvalue weighted by atomic mass is 10.1. The van der Waals surface area contributed by atoms with E-state index in [4.69, 9.17) is 9.40 Å². The highest BCUT2D eigenvalue weighted by molar-refractivity contribution is 5.91. The predicted molar refractivity (Wildman–Crippen MR) is 109 cm³/mol. The first kappa shape index (κ1) is 18.0. The van der Waals surface area contributed by atoms with Gasteiger partial charge in [0.2, 0.25) is 0 Å². The molecule has 0 unspecified atom stereocenters. The van der Waals surface area contributed by atoms with Crippen molar-refractivity contribution in [1.29, 1.82) is 0 Å². The Morgan fingerprint density at radius 2 is 1.86 bits per heavy atom. The minimum atomic E-state index is -0.184. The Labute approximate surface area is 164 Å². The average molecular weight is 373 g/mol. The van der Waals surface area contributed by atoms with Crippen molar-refractivity contribution in [2.45, 2.75) is 25.8 Å². The van der Waals surface area contributed by atoms with Crippen LogP contribution in [0.5, 0.6) is 0 Å². The first-order chi connectivity index (χ1) is 13.7. The van der Waals surface area contributed by atoms with Crippen molar-refractivity contribution in [3.05, 3.63) is 90.1 Å². The molecule has 2 aromatic heterocycles. The van der Waals surface area contributed by atoms with Crippen LogP contribution in [0, 0.1) is 0 Å². The van der Waals surface area contributed by atoms with Gasteiger partial charge >= 0.3 is 0 Å². The number of furan rings is 1. The maximum Gasteiger partial charge on any atom is 0.286 e. The van der Waals surface area contributed by atoms with Gasteiger partial charge in [-0.1, -0.05) is 42.5 Å². The van der Waals surface area contributed by atoms with Gasteiger partial charge in [0, 0.05) is 13.0 Å². The van der Waals surface area contributed by atoms with E-state index in [1.54, 1.807) is 12.1 Å². The van der Waals surface area contributed by atoms with Crippen molar-refractivity contribution in [3.63, 3.8) is 0 Å². The highest BCUT2D eigenvalue weighted by Gasteiger charge is 2.17. The standard InChI is InChI=1S/C23H23N3O2/c1-17(18-9-3-2-4-10-18)26-20-12-6-5-11-19(20)25-22(26)14-7-15-24-23(27)21-13-8-16-28-21/h2-6,8-13,16-17H,7,14-15H2,1H3,(H,24,27)/t17-/m1/s1. The molecule has 4 aromatic rings. The molecule has 1 amide bonds. The molecule has 0 bridgehead atoms. The number of hydrogen-bond acceptors (Lipinski definition) is 3. The molecule has 142 valence electrons. The fourth-order valence-electron chi connectivity index (χ4n) is 3.53. The fraction of sp³-hybridized carbons (Fsp3) is 0.217. The molecular formula is C23H23N3O2. The van der Waals surface area contributed by atoms with Gasteiger partial charge in [-0.05, 0) is 43.2 Å². The van der Waals surface area contributed by atoms with Crippen LogP contribution in [0.2, 0.25) is 0 Å². The molecular weight excluding hydrogens is 350 g/mol. The minimum absolute atomic E-state index is 0.182. The van der Waals surface area contributed by atoms with E-state index in [1.165, 1.54) is 11.8 Å². The molecule has 0 aliphatic heterocycles. The van der Waals surface area contributed by atoms with E-state index >= 15 is 0 Å². The Hall–Kier alpha value is -3.34. The summed E-state index contributed by atoms with van der Waals surface area (Å²) in [5, 5.41) is 2.90. The largest absolute Gasteiger partial charge is 0.459 e. The van der Waals surface area contributed by atoms with Crippen LogP contribution < -0.4 is 5.32 Å². The number of aromatic nitrogens is 2. The Morgan fingerprint density at radius 3 is 2.64 bits per heavy atom. The molecule has 5 nitrogen and oxygen atoms in total. The normalized spacial score (nSPS) is 12.2. The summed E-state index contributed by atoms with van der Waals surface area (Å²) in [7, 11) is 0. The summed E-state index contributed by atoms with van der Waals surface area (Å²) in [6, 6.07) is 22.2. The van der Waals surface area contributed by atoms with Crippen LogP contribution in [0.3, 0.4) is 0 Å². The number of rotatable bonds is 7. The molecule has 4 rings (SSSR count). The van der Waals surface area contributed by atoms with Crippen molar-refractivity contribution in [3.8, 4) is 0 Å². The number of fused-ring (bicyclic) bond motifs is 1. The Balaban J connectivity index is 1.51. The maximum absolute atomic E-state index is 12.0. The average Bonchev–Trinajstić information content (AvgIpc) is 3.39. The lowest BCUT2D eigenvalue weighted by molar-refractivity contribution is 0.0925. The van der Waals surface area contributed by atoms with Crippen LogP contribution in [0.4, 0.5) is 0 Å². The third kappa shape index (κ3) is 3.69. The third-order valence-electron chi connectivity index (χ3n) is 4.95. The second-order valence-electron chi connectivity index (χ2n) is 6.81. The lowest BCUT2D eigenvalue weighted by Crippen LogP contribution is -2.24. The zero-order chi connectivity index (χ0) is 19.3. The number of benzene rings is 2. The summed E-state index contributed by atoms with van der Waals surface area (Å²) < 4.78 is 7.43. The van der Waals surface area contributed by atoms with Gasteiger partial charge in [-0.25, -0.2) is 4.98 Å². The number of amides is 1. The van der Waals surface area contributed by atoms with Gasteiger partial charge in [0.1, 0.15) is 5.82 Å². The second kappa shape index (κ2) is 8.13. The highest BCUT2D eigenvalue weighted by Crippen LogP contribution is 2.26. The highest BCUT2D eigenvalue weighted by atomic mass is 16.3. The number of nitrogens with zero attached hydrogens (tertiary/aromatic N) is 2. The molecule has 0 aliphatic rings. The summed E-state index contributed by atoms with van der Waals surface area (Å²) in [5.74, 6) is 1.19. The molecule has 2 heterocycles. The number of imidazole rings is 1. The van der Waals surface area contributed by atoms with E-state index < -0.39 is 0 Å². The van der Waals surface area contributed by atoms with Gasteiger partial charge in [-0.2, -0.15) is 0 Å². The molecule has 2 aromatic carbocycles. The van der Waals surface area contributed by atoms with Gasteiger partial charge in [-0.15, -0.1) is 0 Å². The number of aryl methyl sites for hydroxylation is 1. The van der Waals surface area contributed by atoms with Crippen molar-refractivity contribution in [2.75, 3.05) is 6.54 Å². The van der Waals surface area contributed by atoms with E-state index in [1.807, 2.05) is 24.3 Å². The number of carbonyl (C=O) groups excluding carboxylic acids is 1. The van der Waals surface area contributed by atoms with Crippen molar-refractivity contribution < 1.29 is 9.21 Å². The number of nitrogens with one attached hydrogen (secondary N) is 1. The molecule has 0 spiro atoms. The van der Waals surface area contributed by atoms with Crippen LogP contribution >= 0.6 is 0 Å². The Kier molecular flexibility index (Phi) is 5.24. The van der Waals surface area contributed by atoms with Crippen LogP contribution in [0.25, 0.3) is 11.0 Å². The first-order valence-corrected chi connectivity index (χ1v) is 9.56. The molecule has 0 aliphatic carbocycles. The summed E-state index contributed by atoms with van der Waals surface area (Å²) in [6.45, 7) is 2.77. The van der Waals surface area contributed by atoms with Gasteiger partial charge in [0.25, 0.3) is 5.91 Å². The topological polar surface area (TPSA) is 60.1 Å². The summed E-state index contributed by atoms with van der Waals surface area (Å²) in [4.78, 5) is 16.9. The van der Waals surface area contributed by atoms with Crippen molar-refractivity contribution in [1.82, 2.24) is 14.9 Å². The van der Waals surface area contributed by atoms with Gasteiger partial charge < -0.3 is 14.3 Å². The van der Waals surface area contributed by atoms with Crippen molar-refractivity contribution in [2.24, 2.45) is 0 Å². The summed E-state index contributed by atoms with van der Waals surface area (Å²) in [6.07, 6.45) is 3.09. The minimum Gasteiger partial charge on any atom is -0.459 e. The fourth-order valence-corrected chi connectivity index (χ4v) is 3.53. The molecule has 0 fully saturated rings. The van der Waals surface area contributed by atoms with Gasteiger partial charge in [-0.3, -0.25) is 4.79 Å². The predicted octanol–water partition coefficient (Wildman–Crippen LogP) is 4.60. The zero-order valence-corrected chi connectivity index (χ0v) is 15.8. The smallest absolute Gasteiger partial charge is 0.286 e. The van der Waals surface area contributed by atoms with E-state index in [-0.39, 0.29) is 11.9 Å². The second-order valence-corrected chi connectivity index (χ2v) is 6.81. The van der Waals surface area contributed by atoms with E-state index in [2.05, 4.69) is 47.1 Å². The zero-order valence-electron chi connectivity index (χ0n) is 15.8. The molecule has 28 heavy (non-hydrogen) atoms. The first-order valence-electron chi connectivity index (χ1n) is 9.56. The maximum atomic E-state index is 12.0. The number of carbonyl (C=O) groups is 1. The number of hydrogen-bond donors (Lipinski definition) is 1. The van der Waals surface area contributed by atoms with Crippen LogP contribution in [0.1, 0.15) is 41.3 Å². The molecule has 5 heteroatoms. The molecule has 1 N–H and O–H groups in total. The van der Waals surface area contributed by atoms with Crippen LogP contribution in [-0.4, -0.2) is 22.0 Å². The van der Waals surface area contributed by atoms with E-state index in [0.717, 1.165) is 29.7 Å². The van der Waals surface area contributed by atoms with Gasteiger partial charge in [0.05, 0.1) is 23.3 Å². The summed E-state index contributed by atoms with van der Waals surface area (Å²) in [5.41, 5.74) is 3.38. The molecule has 0 radical (unpaired) electrons. The van der Waals surface area contributed by atoms with Crippen molar-refractivity contribution >= 4 is 16.9 Å². The van der Waals surface area contributed by atoms with Crippen LogP contribution in [0.15, 0.2) is 77.4 Å². The molecule has 0 saturated heterocycles. The van der Waals surface area contributed by atoms with Crippen LogP contribution in [-0.2, 0) is 6.42 Å². The molecule has 1 atom stereocenters.